The van der Waals surface area contributed by atoms with E-state index in [1.165, 1.54) is 130 Å². The van der Waals surface area contributed by atoms with E-state index in [-0.39, 0.29) is 0 Å². The van der Waals surface area contributed by atoms with Gasteiger partial charge in [-0.3, -0.25) is 0 Å². The minimum Gasteiger partial charge on any atom is -0.455 e. The van der Waals surface area contributed by atoms with Gasteiger partial charge in [0.15, 0.2) is 0 Å². The van der Waals surface area contributed by atoms with Crippen molar-refractivity contribution in [2.45, 2.75) is 0 Å². The third-order valence-corrected chi connectivity index (χ3v) is 30.1. The van der Waals surface area contributed by atoms with Gasteiger partial charge in [-0.15, -0.1) is 0 Å². The first-order chi connectivity index (χ1) is 74.4. The molecule has 6 heteroatoms. The average molecular weight is 1910 g/mol. The molecule has 0 N–H and O–H groups in total. The van der Waals surface area contributed by atoms with E-state index in [0.717, 1.165) is 150 Å². The Bertz CT molecular complexity index is 10500. The molecular formula is C144H93N3O3. The zero-order chi connectivity index (χ0) is 99.1. The third-order valence-electron chi connectivity index (χ3n) is 30.1. The predicted octanol–water partition coefficient (Wildman–Crippen LogP) is 41.5. The molecule has 0 unspecified atom stereocenters. The molecule has 0 bridgehead atoms. The molecule has 0 atom stereocenters. The van der Waals surface area contributed by atoms with Crippen LogP contribution in [0.25, 0.3) is 230 Å². The first-order valence-corrected chi connectivity index (χ1v) is 51.3. The van der Waals surface area contributed by atoms with Crippen LogP contribution >= 0.6 is 0 Å². The lowest BCUT2D eigenvalue weighted by Crippen LogP contribution is -2.11. The normalized spacial score (nSPS) is 11.6. The van der Waals surface area contributed by atoms with Gasteiger partial charge in [0.05, 0.1) is 11.4 Å². The average Bonchev–Trinajstić information content (AvgIpc) is 1.58. The Kier molecular flexibility index (Phi) is 21.9. The van der Waals surface area contributed by atoms with E-state index in [9.17, 15) is 0 Å². The quantitative estimate of drug-likeness (QED) is 0.0954. The highest BCUT2D eigenvalue weighted by atomic mass is 16.3. The summed E-state index contributed by atoms with van der Waals surface area (Å²) in [4.78, 5) is 7.08. The first kappa shape index (κ1) is 87.8. The standard InChI is InChI=1S/3C48H31NO/c1-2-10-32(11-3-1)33-22-27-38(28-23-33)49(45-19-8-14-34-12-4-6-15-40(34)45)39-29-24-36(25-30-39)42-17-9-18-43-44-31-26-37-21-20-35-13-5-7-16-41(35)46(37)48(44)50-47(42)43;1-2-10-32(11-3-1)38-15-8-16-40(30-38)49(41-28-22-33-12-4-5-14-37(33)31-41)39-26-23-35(24-27-39)43-18-9-19-44-45-29-25-36-21-20-34-13-6-7-17-42(34)46(36)48(45)50-47(43)44;1-2-12-33(13-3-1)40-16-8-9-20-45(40)49(39-29-23-32-11-4-5-15-37(32)31-39)38-27-24-35(25-28-38)42-18-10-19-43-44-30-26-36-22-21-34-14-6-7-17-41(34)46(36)48(44)50-47(42)43/h3*1-31H. The van der Waals surface area contributed by atoms with E-state index in [2.05, 4.69) is 579 Å². The molecule has 0 aliphatic heterocycles. The maximum atomic E-state index is 6.87. The van der Waals surface area contributed by atoms with E-state index < -0.39 is 0 Å². The van der Waals surface area contributed by atoms with E-state index in [1.54, 1.807) is 0 Å². The van der Waals surface area contributed by atoms with Crippen molar-refractivity contribution in [3.8, 4) is 66.8 Å². The number of hydrogen-bond acceptors (Lipinski definition) is 6. The summed E-state index contributed by atoms with van der Waals surface area (Å²) in [6, 6.07) is 202. The summed E-state index contributed by atoms with van der Waals surface area (Å²) >= 11 is 0. The molecule has 0 saturated heterocycles. The summed E-state index contributed by atoms with van der Waals surface area (Å²) in [5.74, 6) is 0. The zero-order valence-electron chi connectivity index (χ0n) is 81.8. The largest absolute Gasteiger partial charge is 0.455 e. The summed E-state index contributed by atoms with van der Waals surface area (Å²) in [6.07, 6.45) is 0. The summed E-state index contributed by atoms with van der Waals surface area (Å²) < 4.78 is 20.6. The van der Waals surface area contributed by atoms with Crippen LogP contribution in [0.2, 0.25) is 0 Å². The molecule has 30 rings (SSSR count). The SMILES string of the molecule is c1ccc(-c2ccc(N(c3ccc(-c4cccc5c4oc4c5ccc5ccc6ccccc6c54)cc3)c3cccc4ccccc34)cc2)cc1.c1ccc(-c2cccc(N(c3ccc(-c4cccc5c4oc4c5ccc5ccc6ccccc6c54)cc3)c3ccc4ccccc4c3)c2)cc1.c1ccc(-c2ccccc2N(c2ccc(-c3cccc4c3oc3c4ccc4ccc5ccccc5c43)cc2)c2ccc3ccccc3c2)cc1. The van der Waals surface area contributed by atoms with Crippen molar-refractivity contribution in [3.63, 3.8) is 0 Å². The second kappa shape index (κ2) is 37.4. The second-order valence-corrected chi connectivity index (χ2v) is 38.8. The van der Waals surface area contributed by atoms with Gasteiger partial charge in [-0.1, -0.05) is 449 Å². The smallest absolute Gasteiger partial charge is 0.143 e. The van der Waals surface area contributed by atoms with E-state index in [1.807, 2.05) is 0 Å². The van der Waals surface area contributed by atoms with Crippen molar-refractivity contribution in [1.82, 2.24) is 0 Å². The lowest BCUT2D eigenvalue weighted by Gasteiger charge is -2.28. The monoisotopic (exact) mass is 1910 g/mol. The molecule has 0 aliphatic rings. The van der Waals surface area contributed by atoms with Gasteiger partial charge in [-0.05, 0) is 235 Å². The Morgan fingerprint density at radius 1 is 0.113 bits per heavy atom. The summed E-state index contributed by atoms with van der Waals surface area (Å²) in [5.41, 5.74) is 29.3. The lowest BCUT2D eigenvalue weighted by atomic mass is 9.98. The minimum atomic E-state index is 0.913. The molecular weight excluding hydrogens is 1820 g/mol. The van der Waals surface area contributed by atoms with Crippen LogP contribution < -0.4 is 14.7 Å². The van der Waals surface area contributed by atoms with Crippen molar-refractivity contribution < 1.29 is 13.3 Å². The van der Waals surface area contributed by atoms with Crippen LogP contribution in [0.5, 0.6) is 0 Å². The number of anilines is 9. The van der Waals surface area contributed by atoms with Gasteiger partial charge in [0.25, 0.3) is 0 Å². The molecule has 30 aromatic rings. The van der Waals surface area contributed by atoms with Crippen LogP contribution in [-0.4, -0.2) is 0 Å². The molecule has 0 radical (unpaired) electrons. The van der Waals surface area contributed by atoms with E-state index in [0.29, 0.717) is 0 Å². The van der Waals surface area contributed by atoms with Crippen molar-refractivity contribution in [3.05, 3.63) is 564 Å². The molecule has 6 nitrogen and oxygen atoms in total. The van der Waals surface area contributed by atoms with Gasteiger partial charge in [0.2, 0.25) is 0 Å². The highest BCUT2D eigenvalue weighted by Crippen LogP contribution is 2.51. The first-order valence-electron chi connectivity index (χ1n) is 51.3. The van der Waals surface area contributed by atoms with Gasteiger partial charge in [0.1, 0.15) is 33.5 Å². The number of hydrogen-bond donors (Lipinski definition) is 0. The maximum absolute atomic E-state index is 6.87. The molecule has 3 aromatic heterocycles. The fourth-order valence-corrected chi connectivity index (χ4v) is 22.8. The molecule has 0 spiro atoms. The third kappa shape index (κ3) is 15.7. The van der Waals surface area contributed by atoms with Crippen LogP contribution in [0.1, 0.15) is 0 Å². The van der Waals surface area contributed by atoms with Gasteiger partial charge >= 0.3 is 0 Å². The Labute approximate surface area is 866 Å². The Hall–Kier alpha value is -19.9. The number of fused-ring (bicyclic) bond motifs is 24. The molecule has 3 heterocycles. The fraction of sp³-hybridized carbons (Fsp3) is 0. The lowest BCUT2D eigenvalue weighted by molar-refractivity contribution is 0.673. The van der Waals surface area contributed by atoms with Crippen LogP contribution in [0.15, 0.2) is 577 Å². The topological polar surface area (TPSA) is 49.1 Å². The fourth-order valence-electron chi connectivity index (χ4n) is 22.8. The summed E-state index contributed by atoms with van der Waals surface area (Å²) in [6.45, 7) is 0. The van der Waals surface area contributed by atoms with Gasteiger partial charge < -0.3 is 28.0 Å². The summed E-state index contributed by atoms with van der Waals surface area (Å²) in [7, 11) is 0. The van der Waals surface area contributed by atoms with E-state index in [4.69, 9.17) is 13.3 Å². The molecule has 0 amide bonds. The molecule has 150 heavy (non-hydrogen) atoms. The minimum absolute atomic E-state index is 0.913. The zero-order valence-corrected chi connectivity index (χ0v) is 81.8. The van der Waals surface area contributed by atoms with E-state index >= 15 is 0 Å². The maximum Gasteiger partial charge on any atom is 0.143 e. The van der Waals surface area contributed by atoms with Crippen molar-refractivity contribution >= 4 is 214 Å². The van der Waals surface area contributed by atoms with Crippen LogP contribution in [-0.2, 0) is 0 Å². The number of nitrogens with zero attached hydrogens (tertiary/aromatic N) is 3. The number of rotatable bonds is 15. The number of furan rings is 3. The van der Waals surface area contributed by atoms with Crippen LogP contribution in [0.4, 0.5) is 51.2 Å². The van der Waals surface area contributed by atoms with Gasteiger partial charge in [-0.2, -0.15) is 0 Å². The van der Waals surface area contributed by atoms with Crippen LogP contribution in [0, 0.1) is 0 Å². The van der Waals surface area contributed by atoms with Crippen LogP contribution in [0.3, 0.4) is 0 Å². The van der Waals surface area contributed by atoms with Crippen molar-refractivity contribution in [2.24, 2.45) is 0 Å². The highest BCUT2D eigenvalue weighted by molar-refractivity contribution is 6.27. The number of para-hydroxylation sites is 4. The van der Waals surface area contributed by atoms with Crippen molar-refractivity contribution in [2.75, 3.05) is 14.7 Å². The molecule has 702 valence electrons. The van der Waals surface area contributed by atoms with Gasteiger partial charge in [0, 0.05) is 116 Å². The number of benzene rings is 27. The van der Waals surface area contributed by atoms with Crippen molar-refractivity contribution in [1.29, 1.82) is 0 Å². The second-order valence-electron chi connectivity index (χ2n) is 38.8. The predicted molar refractivity (Wildman–Crippen MR) is 635 cm³/mol. The Morgan fingerprint density at radius 2 is 0.360 bits per heavy atom. The molecule has 0 aliphatic carbocycles. The molecule has 27 aromatic carbocycles. The molecule has 0 fully saturated rings. The Morgan fingerprint density at radius 3 is 0.800 bits per heavy atom. The Balaban J connectivity index is 0.000000108. The van der Waals surface area contributed by atoms with Gasteiger partial charge in [-0.25, -0.2) is 0 Å². The molecule has 0 saturated carbocycles. The highest BCUT2D eigenvalue weighted by Gasteiger charge is 2.26. The summed E-state index contributed by atoms with van der Waals surface area (Å²) in [5, 5.41) is 28.5.